The molecule has 46 heavy (non-hydrogen) atoms. The van der Waals surface area contributed by atoms with E-state index in [-0.39, 0.29) is 5.41 Å². The molecule has 0 aliphatic heterocycles. The van der Waals surface area contributed by atoms with Gasteiger partial charge in [0, 0.05) is 22.5 Å². The van der Waals surface area contributed by atoms with E-state index < -0.39 is 0 Å². The molecule has 0 unspecified atom stereocenters. The van der Waals surface area contributed by atoms with E-state index in [4.69, 9.17) is 0 Å². The molecule has 0 spiro atoms. The third kappa shape index (κ3) is 4.82. The van der Waals surface area contributed by atoms with Crippen molar-refractivity contribution in [1.82, 2.24) is 0 Å². The summed E-state index contributed by atoms with van der Waals surface area (Å²) in [5.41, 5.74) is 8.31. The van der Waals surface area contributed by atoms with E-state index in [1.165, 1.54) is 54.6 Å². The van der Waals surface area contributed by atoms with E-state index in [0.717, 1.165) is 17.1 Å². The molecule has 0 radical (unpaired) electrons. The molecule has 220 valence electrons. The van der Waals surface area contributed by atoms with Gasteiger partial charge in [-0.2, -0.15) is 0 Å². The second-order valence-corrected chi connectivity index (χ2v) is 12.6. The van der Waals surface area contributed by atoms with Crippen molar-refractivity contribution < 1.29 is 0 Å². The zero-order valence-electron chi connectivity index (χ0n) is 26.2. The van der Waals surface area contributed by atoms with Gasteiger partial charge in [-0.1, -0.05) is 153 Å². The Morgan fingerprint density at radius 1 is 0.326 bits per heavy atom. The van der Waals surface area contributed by atoms with Crippen LogP contribution in [-0.2, 0) is 5.41 Å². The van der Waals surface area contributed by atoms with Gasteiger partial charge in [0.05, 0.1) is 0 Å². The molecule has 0 heterocycles. The van der Waals surface area contributed by atoms with Crippen LogP contribution in [0.2, 0.25) is 0 Å². The molecule has 0 bridgehead atoms. The van der Waals surface area contributed by atoms with Crippen molar-refractivity contribution in [2.45, 2.75) is 19.3 Å². The van der Waals surface area contributed by atoms with Crippen LogP contribution in [0.15, 0.2) is 176 Å². The van der Waals surface area contributed by atoms with E-state index in [2.05, 4.69) is 195 Å². The van der Waals surface area contributed by atoms with Gasteiger partial charge in [0.1, 0.15) is 0 Å². The van der Waals surface area contributed by atoms with Crippen molar-refractivity contribution in [3.05, 3.63) is 187 Å². The highest BCUT2D eigenvalue weighted by molar-refractivity contribution is 6.25. The van der Waals surface area contributed by atoms with Crippen molar-refractivity contribution in [2.24, 2.45) is 0 Å². The number of anilines is 3. The van der Waals surface area contributed by atoms with E-state index in [1.54, 1.807) is 0 Å². The Kier molecular flexibility index (Phi) is 6.88. The minimum atomic E-state index is -0.106. The van der Waals surface area contributed by atoms with Crippen molar-refractivity contribution >= 4 is 49.4 Å². The van der Waals surface area contributed by atoms with Crippen molar-refractivity contribution in [2.75, 3.05) is 4.90 Å². The Morgan fingerprint density at radius 2 is 0.717 bits per heavy atom. The molecule has 0 aliphatic carbocycles. The molecule has 8 aromatic carbocycles. The molecule has 0 N–H and O–H groups in total. The number of nitrogens with zero attached hydrogens (tertiary/aromatic N) is 1. The van der Waals surface area contributed by atoms with Gasteiger partial charge in [-0.25, -0.2) is 0 Å². The molecular weight excluding hydrogens is 555 g/mol. The number of hydrogen-bond donors (Lipinski definition) is 0. The van der Waals surface area contributed by atoms with Gasteiger partial charge in [0.25, 0.3) is 0 Å². The average molecular weight is 590 g/mol. The fourth-order valence-electron chi connectivity index (χ4n) is 6.96. The number of rotatable bonds is 6. The van der Waals surface area contributed by atoms with Gasteiger partial charge < -0.3 is 4.90 Å². The summed E-state index contributed by atoms with van der Waals surface area (Å²) in [4.78, 5) is 2.39. The summed E-state index contributed by atoms with van der Waals surface area (Å²) >= 11 is 0. The van der Waals surface area contributed by atoms with E-state index in [1.807, 2.05) is 0 Å². The zero-order valence-corrected chi connectivity index (χ0v) is 26.2. The van der Waals surface area contributed by atoms with Crippen LogP contribution in [0.25, 0.3) is 43.4 Å². The Balaban J connectivity index is 1.29. The lowest BCUT2D eigenvalue weighted by molar-refractivity contribution is 0.641. The lowest BCUT2D eigenvalue weighted by atomic mass is 9.78. The molecule has 0 aliphatic rings. The predicted octanol–water partition coefficient (Wildman–Crippen LogP) is 12.6. The first-order chi connectivity index (χ1) is 22.6. The standard InChI is InChI=1S/C45H35N/c1-45(2,34-15-7-4-8-16-34)35-23-27-37(28-24-35)46(36-25-21-33(22-26-36)32-13-5-3-6-14-32)38-29-30-43-41-19-10-9-17-39(41)40-18-11-12-20-42(40)44(43)31-38/h3-31H,1-2H3. The summed E-state index contributed by atoms with van der Waals surface area (Å²) in [6.45, 7) is 4.60. The smallest absolute Gasteiger partial charge is 0.0468 e. The van der Waals surface area contributed by atoms with Crippen LogP contribution in [0.1, 0.15) is 25.0 Å². The van der Waals surface area contributed by atoms with Crippen LogP contribution < -0.4 is 4.90 Å². The maximum Gasteiger partial charge on any atom is 0.0468 e. The molecule has 0 saturated carbocycles. The first-order valence-electron chi connectivity index (χ1n) is 16.0. The Hall–Kier alpha value is -5.66. The fraction of sp³-hybridized carbons (Fsp3) is 0.0667. The van der Waals surface area contributed by atoms with Crippen LogP contribution in [0.5, 0.6) is 0 Å². The van der Waals surface area contributed by atoms with E-state index >= 15 is 0 Å². The second kappa shape index (κ2) is 11.4. The monoisotopic (exact) mass is 589 g/mol. The Labute approximate surface area is 271 Å². The highest BCUT2D eigenvalue weighted by Crippen LogP contribution is 2.42. The predicted molar refractivity (Wildman–Crippen MR) is 198 cm³/mol. The molecule has 1 nitrogen and oxygen atoms in total. The Morgan fingerprint density at radius 3 is 1.28 bits per heavy atom. The highest BCUT2D eigenvalue weighted by Gasteiger charge is 2.23. The molecule has 8 rings (SSSR count). The first kappa shape index (κ1) is 27.9. The lowest BCUT2D eigenvalue weighted by Crippen LogP contribution is -2.19. The normalized spacial score (nSPS) is 11.7. The summed E-state index contributed by atoms with van der Waals surface area (Å²) in [5, 5.41) is 7.68. The SMILES string of the molecule is CC(C)(c1ccccc1)c1ccc(N(c2ccc(-c3ccccc3)cc2)c2ccc3c4ccccc4c4ccccc4c3c2)cc1. The highest BCUT2D eigenvalue weighted by atomic mass is 15.1. The molecular formula is C45H35N. The number of fused-ring (bicyclic) bond motifs is 6. The average Bonchev–Trinajstić information content (AvgIpc) is 3.13. The van der Waals surface area contributed by atoms with E-state index in [9.17, 15) is 0 Å². The largest absolute Gasteiger partial charge is 0.310 e. The number of hydrogen-bond acceptors (Lipinski definition) is 1. The van der Waals surface area contributed by atoms with Gasteiger partial charge in [-0.15, -0.1) is 0 Å². The van der Waals surface area contributed by atoms with E-state index in [0.29, 0.717) is 0 Å². The van der Waals surface area contributed by atoms with Crippen molar-refractivity contribution in [3.8, 4) is 11.1 Å². The third-order valence-electron chi connectivity index (χ3n) is 9.56. The zero-order chi connectivity index (χ0) is 31.1. The minimum absolute atomic E-state index is 0.106. The molecule has 0 aromatic heterocycles. The lowest BCUT2D eigenvalue weighted by Gasteiger charge is -2.29. The fourth-order valence-corrected chi connectivity index (χ4v) is 6.96. The summed E-state index contributed by atoms with van der Waals surface area (Å²) < 4.78 is 0. The van der Waals surface area contributed by atoms with Crippen molar-refractivity contribution in [3.63, 3.8) is 0 Å². The van der Waals surface area contributed by atoms with Gasteiger partial charge in [0.15, 0.2) is 0 Å². The van der Waals surface area contributed by atoms with Gasteiger partial charge >= 0.3 is 0 Å². The van der Waals surface area contributed by atoms with Crippen LogP contribution in [0.3, 0.4) is 0 Å². The van der Waals surface area contributed by atoms with Gasteiger partial charge in [-0.05, 0) is 91.0 Å². The maximum absolute atomic E-state index is 2.39. The van der Waals surface area contributed by atoms with Crippen LogP contribution in [0, 0.1) is 0 Å². The molecule has 0 fully saturated rings. The minimum Gasteiger partial charge on any atom is -0.310 e. The summed E-state index contributed by atoms with van der Waals surface area (Å²) in [6.07, 6.45) is 0. The van der Waals surface area contributed by atoms with Crippen LogP contribution >= 0.6 is 0 Å². The second-order valence-electron chi connectivity index (χ2n) is 12.6. The summed E-state index contributed by atoms with van der Waals surface area (Å²) in [5.74, 6) is 0. The van der Waals surface area contributed by atoms with Gasteiger partial charge in [-0.3, -0.25) is 0 Å². The summed E-state index contributed by atoms with van der Waals surface area (Å²) in [6, 6.07) is 63.9. The van der Waals surface area contributed by atoms with Crippen LogP contribution in [0.4, 0.5) is 17.1 Å². The third-order valence-corrected chi connectivity index (χ3v) is 9.56. The molecule has 0 saturated heterocycles. The molecule has 0 amide bonds. The Bertz CT molecular complexity index is 2260. The topological polar surface area (TPSA) is 3.24 Å². The quantitative estimate of drug-likeness (QED) is 0.174. The van der Waals surface area contributed by atoms with Crippen molar-refractivity contribution in [1.29, 1.82) is 0 Å². The molecule has 8 aromatic rings. The molecule has 1 heteroatoms. The number of benzene rings is 8. The first-order valence-corrected chi connectivity index (χ1v) is 16.0. The molecule has 0 atom stereocenters. The summed E-state index contributed by atoms with van der Waals surface area (Å²) in [7, 11) is 0. The van der Waals surface area contributed by atoms with Crippen LogP contribution in [-0.4, -0.2) is 0 Å². The maximum atomic E-state index is 2.39. The van der Waals surface area contributed by atoms with Gasteiger partial charge in [0.2, 0.25) is 0 Å².